The van der Waals surface area contributed by atoms with Crippen LogP contribution in [0.1, 0.15) is 11.6 Å². The van der Waals surface area contributed by atoms with Crippen LogP contribution in [0.2, 0.25) is 0 Å². The van der Waals surface area contributed by atoms with Crippen molar-refractivity contribution in [2.24, 2.45) is 0 Å². The first kappa shape index (κ1) is 13.6. The number of nitrogens with one attached hydrogen (secondary N) is 1. The van der Waals surface area contributed by atoms with Gasteiger partial charge in [-0.1, -0.05) is 36.4 Å². The third-order valence-corrected chi connectivity index (χ3v) is 4.27. The Labute approximate surface area is 126 Å². The fraction of sp³-hybridized carbons (Fsp3) is 0.250. The van der Waals surface area contributed by atoms with Crippen LogP contribution in [0.5, 0.6) is 0 Å². The van der Waals surface area contributed by atoms with Crippen molar-refractivity contribution >= 4 is 21.6 Å². The summed E-state index contributed by atoms with van der Waals surface area (Å²) in [7, 11) is 0. The van der Waals surface area contributed by atoms with E-state index in [2.05, 4.69) is 38.3 Å². The second-order valence-electron chi connectivity index (χ2n) is 4.93. The molecule has 1 heterocycles. The van der Waals surface area contributed by atoms with Gasteiger partial charge in [-0.2, -0.15) is 0 Å². The van der Waals surface area contributed by atoms with E-state index in [0.717, 1.165) is 24.1 Å². The maximum absolute atomic E-state index is 14.1. The molecule has 0 aromatic heterocycles. The van der Waals surface area contributed by atoms with E-state index in [0.29, 0.717) is 5.69 Å². The molecule has 0 aliphatic carbocycles. The van der Waals surface area contributed by atoms with Crippen LogP contribution in [0.25, 0.3) is 0 Å². The van der Waals surface area contributed by atoms with Crippen molar-refractivity contribution in [3.8, 4) is 0 Å². The Kier molecular flexibility index (Phi) is 4.03. The second-order valence-corrected chi connectivity index (χ2v) is 5.79. The monoisotopic (exact) mass is 334 g/mol. The number of piperazine rings is 1. The number of benzene rings is 2. The second kappa shape index (κ2) is 5.94. The molecule has 1 saturated heterocycles. The molecular weight excluding hydrogens is 319 g/mol. The van der Waals surface area contributed by atoms with Crippen LogP contribution >= 0.6 is 15.9 Å². The first-order chi connectivity index (χ1) is 9.75. The van der Waals surface area contributed by atoms with Crippen LogP contribution in [-0.2, 0) is 0 Å². The van der Waals surface area contributed by atoms with Crippen LogP contribution < -0.4 is 10.2 Å². The summed E-state index contributed by atoms with van der Waals surface area (Å²) in [5.41, 5.74) is 1.90. The third kappa shape index (κ3) is 2.72. The molecule has 0 saturated carbocycles. The van der Waals surface area contributed by atoms with E-state index in [1.165, 1.54) is 11.6 Å². The Hall–Kier alpha value is -1.39. The molecule has 2 nitrogen and oxygen atoms in total. The van der Waals surface area contributed by atoms with Crippen LogP contribution in [-0.4, -0.2) is 19.6 Å². The first-order valence-corrected chi connectivity index (χ1v) is 7.52. The maximum atomic E-state index is 14.1. The predicted molar refractivity (Wildman–Crippen MR) is 83.5 cm³/mol. The number of rotatable bonds is 2. The normalized spacial score (nSPS) is 19.1. The largest absolute Gasteiger partial charge is 0.365 e. The smallest absolute Gasteiger partial charge is 0.147 e. The van der Waals surface area contributed by atoms with Gasteiger partial charge in [-0.25, -0.2) is 4.39 Å². The minimum Gasteiger partial charge on any atom is -0.365 e. The van der Waals surface area contributed by atoms with Crippen molar-refractivity contribution in [3.63, 3.8) is 0 Å². The van der Waals surface area contributed by atoms with Crippen molar-refractivity contribution in [3.05, 3.63) is 64.4 Å². The van der Waals surface area contributed by atoms with Gasteiger partial charge < -0.3 is 10.2 Å². The van der Waals surface area contributed by atoms with Crippen molar-refractivity contribution < 1.29 is 4.39 Å². The highest BCUT2D eigenvalue weighted by Crippen LogP contribution is 2.31. The highest BCUT2D eigenvalue weighted by molar-refractivity contribution is 9.10. The van der Waals surface area contributed by atoms with Gasteiger partial charge in [0.15, 0.2) is 0 Å². The average molecular weight is 335 g/mol. The van der Waals surface area contributed by atoms with Crippen LogP contribution in [0, 0.1) is 5.82 Å². The van der Waals surface area contributed by atoms with E-state index in [1.54, 1.807) is 6.07 Å². The molecule has 1 unspecified atom stereocenters. The number of halogens is 2. The molecule has 0 radical (unpaired) electrons. The molecule has 0 spiro atoms. The Balaban J connectivity index is 1.85. The van der Waals surface area contributed by atoms with Crippen LogP contribution in [0.4, 0.5) is 10.1 Å². The summed E-state index contributed by atoms with van der Waals surface area (Å²) >= 11 is 3.46. The summed E-state index contributed by atoms with van der Waals surface area (Å²) in [4.78, 5) is 2.10. The summed E-state index contributed by atoms with van der Waals surface area (Å²) in [5.74, 6) is -0.173. The number of para-hydroxylation sites is 1. The molecule has 2 aromatic carbocycles. The molecule has 104 valence electrons. The number of nitrogens with zero attached hydrogens (tertiary/aromatic N) is 1. The molecule has 2 aromatic rings. The predicted octanol–water partition coefficient (Wildman–Crippen LogP) is 3.74. The topological polar surface area (TPSA) is 15.3 Å². The Bertz CT molecular complexity index is 568. The Morgan fingerprint density at radius 1 is 1.10 bits per heavy atom. The number of hydrogen-bond donors (Lipinski definition) is 1. The first-order valence-electron chi connectivity index (χ1n) is 6.73. The number of hydrogen-bond acceptors (Lipinski definition) is 2. The molecule has 0 bridgehead atoms. The van der Waals surface area contributed by atoms with Crippen molar-refractivity contribution in [1.82, 2.24) is 5.32 Å². The molecule has 20 heavy (non-hydrogen) atoms. The molecule has 4 heteroatoms. The molecule has 1 aliphatic heterocycles. The van der Waals surface area contributed by atoms with E-state index >= 15 is 0 Å². The van der Waals surface area contributed by atoms with E-state index in [9.17, 15) is 4.39 Å². The van der Waals surface area contributed by atoms with Gasteiger partial charge in [0.25, 0.3) is 0 Å². The van der Waals surface area contributed by atoms with Crippen molar-refractivity contribution in [1.29, 1.82) is 0 Å². The highest BCUT2D eigenvalue weighted by atomic mass is 79.9. The van der Waals surface area contributed by atoms with Gasteiger partial charge in [-0.05, 0) is 33.6 Å². The lowest BCUT2D eigenvalue weighted by atomic mass is 10.0. The Morgan fingerprint density at radius 2 is 1.90 bits per heavy atom. The van der Waals surface area contributed by atoms with Gasteiger partial charge in [-0.15, -0.1) is 0 Å². The minimum absolute atomic E-state index is 0.173. The van der Waals surface area contributed by atoms with Crippen molar-refractivity contribution in [2.45, 2.75) is 6.04 Å². The Morgan fingerprint density at radius 3 is 2.65 bits per heavy atom. The molecule has 1 aliphatic rings. The minimum atomic E-state index is -0.173. The van der Waals surface area contributed by atoms with E-state index < -0.39 is 0 Å². The zero-order chi connectivity index (χ0) is 13.9. The molecule has 1 atom stereocenters. The third-order valence-electron chi connectivity index (χ3n) is 3.63. The summed E-state index contributed by atoms with van der Waals surface area (Å²) in [6, 6.07) is 15.7. The fourth-order valence-electron chi connectivity index (χ4n) is 2.65. The van der Waals surface area contributed by atoms with Crippen LogP contribution in [0.3, 0.4) is 0 Å². The summed E-state index contributed by atoms with van der Waals surface area (Å²) < 4.78 is 14.9. The molecule has 0 amide bonds. The number of anilines is 1. The summed E-state index contributed by atoms with van der Waals surface area (Å²) in [6.45, 7) is 2.42. The van der Waals surface area contributed by atoms with E-state index in [-0.39, 0.29) is 11.9 Å². The quantitative estimate of drug-likeness (QED) is 0.899. The molecular formula is C16H16BrFN2. The summed E-state index contributed by atoms with van der Waals surface area (Å²) in [6.07, 6.45) is 0. The zero-order valence-corrected chi connectivity index (χ0v) is 12.6. The van der Waals surface area contributed by atoms with Crippen LogP contribution in [0.15, 0.2) is 53.0 Å². The lowest BCUT2D eigenvalue weighted by Gasteiger charge is -2.36. The van der Waals surface area contributed by atoms with Gasteiger partial charge in [0.05, 0.1) is 5.69 Å². The lowest BCUT2D eigenvalue weighted by molar-refractivity contribution is 0.466. The van der Waals surface area contributed by atoms with Gasteiger partial charge in [0.1, 0.15) is 5.82 Å². The van der Waals surface area contributed by atoms with Gasteiger partial charge in [0, 0.05) is 30.1 Å². The van der Waals surface area contributed by atoms with Gasteiger partial charge in [0.2, 0.25) is 0 Å². The van der Waals surface area contributed by atoms with Gasteiger partial charge in [-0.3, -0.25) is 0 Å². The molecule has 3 rings (SSSR count). The fourth-order valence-corrected chi connectivity index (χ4v) is 3.25. The van der Waals surface area contributed by atoms with E-state index in [1.807, 2.05) is 24.3 Å². The zero-order valence-electron chi connectivity index (χ0n) is 11.0. The molecule has 1 fully saturated rings. The maximum Gasteiger partial charge on any atom is 0.147 e. The summed E-state index contributed by atoms with van der Waals surface area (Å²) in [5, 5.41) is 3.49. The standard InChI is InChI=1S/C16H16BrFN2/c17-13-7-4-8-14(18)16(13)20-10-9-19-15(11-20)12-5-2-1-3-6-12/h1-8,15,19H,9-11H2. The van der Waals surface area contributed by atoms with Crippen molar-refractivity contribution in [2.75, 3.05) is 24.5 Å². The highest BCUT2D eigenvalue weighted by Gasteiger charge is 2.23. The average Bonchev–Trinajstić information content (AvgIpc) is 2.48. The molecule has 1 N–H and O–H groups in total. The lowest BCUT2D eigenvalue weighted by Crippen LogP contribution is -2.46. The van der Waals surface area contributed by atoms with E-state index in [4.69, 9.17) is 0 Å². The van der Waals surface area contributed by atoms with Gasteiger partial charge >= 0.3 is 0 Å². The SMILES string of the molecule is Fc1cccc(Br)c1N1CCNC(c2ccccc2)C1.